The van der Waals surface area contributed by atoms with Crippen molar-refractivity contribution in [1.29, 1.82) is 0 Å². The summed E-state index contributed by atoms with van der Waals surface area (Å²) >= 11 is 5.36. The molecule has 2 atom stereocenters. The molecule has 1 aliphatic carbocycles. The van der Waals surface area contributed by atoms with Gasteiger partial charge in [0.15, 0.2) is 4.87 Å². The number of hydrogen-bond acceptors (Lipinski definition) is 2. The standard InChI is InChI=1S/C8H5ClF3NO/c9-7(8(10,11)12)4-2-1-3-6(7)13-5-14/h1-4,6H. The predicted molar refractivity (Wildman–Crippen MR) is 44.8 cm³/mol. The molecule has 0 aromatic heterocycles. The van der Waals surface area contributed by atoms with Crippen LogP contribution in [0.4, 0.5) is 13.2 Å². The third-order valence-corrected chi connectivity index (χ3v) is 2.36. The highest BCUT2D eigenvalue weighted by atomic mass is 35.5. The van der Waals surface area contributed by atoms with Crippen LogP contribution in [-0.4, -0.2) is 23.2 Å². The minimum Gasteiger partial charge on any atom is -0.211 e. The van der Waals surface area contributed by atoms with Crippen LogP contribution < -0.4 is 0 Å². The summed E-state index contributed by atoms with van der Waals surface area (Å²) in [5.41, 5.74) is 0. The Labute approximate surface area is 82.8 Å². The molecule has 1 rings (SSSR count). The second-order valence-electron chi connectivity index (χ2n) is 2.68. The molecule has 14 heavy (non-hydrogen) atoms. The summed E-state index contributed by atoms with van der Waals surface area (Å²) in [7, 11) is 0. The van der Waals surface area contributed by atoms with Crippen LogP contribution >= 0.6 is 11.6 Å². The fourth-order valence-electron chi connectivity index (χ4n) is 1.06. The van der Waals surface area contributed by atoms with Gasteiger partial charge >= 0.3 is 6.18 Å². The van der Waals surface area contributed by atoms with Crippen molar-refractivity contribution in [3.05, 3.63) is 24.3 Å². The molecule has 0 amide bonds. The maximum absolute atomic E-state index is 12.5. The molecule has 2 unspecified atom stereocenters. The van der Waals surface area contributed by atoms with E-state index in [4.69, 9.17) is 11.6 Å². The fraction of sp³-hybridized carbons (Fsp3) is 0.375. The second-order valence-corrected chi connectivity index (χ2v) is 3.30. The highest BCUT2D eigenvalue weighted by molar-refractivity contribution is 6.26. The average Bonchev–Trinajstić information content (AvgIpc) is 2.07. The van der Waals surface area contributed by atoms with Gasteiger partial charge in [-0.25, -0.2) is 4.79 Å². The molecule has 0 bridgehead atoms. The van der Waals surface area contributed by atoms with Gasteiger partial charge in [-0.1, -0.05) is 24.3 Å². The SMILES string of the molecule is O=C=NC1C=CC=CC1(Cl)C(F)(F)F. The van der Waals surface area contributed by atoms with E-state index < -0.39 is 17.1 Å². The number of hydrogen-bond donors (Lipinski definition) is 0. The van der Waals surface area contributed by atoms with Gasteiger partial charge in [0.2, 0.25) is 6.08 Å². The van der Waals surface area contributed by atoms with Gasteiger partial charge in [0.05, 0.1) is 0 Å². The van der Waals surface area contributed by atoms with Crippen LogP contribution in [0.5, 0.6) is 0 Å². The van der Waals surface area contributed by atoms with E-state index in [9.17, 15) is 18.0 Å². The Morgan fingerprint density at radius 2 is 2.07 bits per heavy atom. The predicted octanol–water partition coefficient (Wildman–Crippen LogP) is 2.36. The Bertz CT molecular complexity index is 330. The van der Waals surface area contributed by atoms with Crippen LogP contribution in [0.1, 0.15) is 0 Å². The number of alkyl halides is 4. The number of isocyanates is 1. The summed E-state index contributed by atoms with van der Waals surface area (Å²) in [6, 6.07) is -1.45. The lowest BCUT2D eigenvalue weighted by Gasteiger charge is -2.31. The van der Waals surface area contributed by atoms with Crippen molar-refractivity contribution in [2.75, 3.05) is 0 Å². The van der Waals surface area contributed by atoms with E-state index in [2.05, 4.69) is 4.99 Å². The first kappa shape index (κ1) is 11.0. The van der Waals surface area contributed by atoms with Crippen LogP contribution in [0.3, 0.4) is 0 Å². The van der Waals surface area contributed by atoms with E-state index in [1.54, 1.807) is 0 Å². The van der Waals surface area contributed by atoms with E-state index in [1.165, 1.54) is 6.08 Å². The molecule has 0 aromatic rings. The molecule has 0 aliphatic heterocycles. The molecule has 0 saturated carbocycles. The third-order valence-electron chi connectivity index (χ3n) is 1.80. The zero-order chi connectivity index (χ0) is 10.8. The number of carbonyl (C=O) groups excluding carboxylic acids is 1. The van der Waals surface area contributed by atoms with Crippen LogP contribution in [0.2, 0.25) is 0 Å². The maximum Gasteiger partial charge on any atom is 0.413 e. The molecular formula is C8H5ClF3NO. The normalized spacial score (nSPS) is 31.3. The average molecular weight is 224 g/mol. The van der Waals surface area contributed by atoms with Gasteiger partial charge < -0.3 is 0 Å². The maximum atomic E-state index is 12.5. The van der Waals surface area contributed by atoms with Crippen molar-refractivity contribution in [2.24, 2.45) is 4.99 Å². The van der Waals surface area contributed by atoms with Crippen molar-refractivity contribution >= 4 is 17.7 Å². The van der Waals surface area contributed by atoms with Gasteiger partial charge in [0.25, 0.3) is 0 Å². The van der Waals surface area contributed by atoms with E-state index in [0.29, 0.717) is 0 Å². The molecule has 0 spiro atoms. The van der Waals surface area contributed by atoms with Gasteiger partial charge in [-0.05, 0) is 0 Å². The molecule has 76 valence electrons. The number of rotatable bonds is 1. The second kappa shape index (κ2) is 3.59. The fourth-order valence-corrected chi connectivity index (χ4v) is 1.25. The highest BCUT2D eigenvalue weighted by Gasteiger charge is 2.57. The molecule has 0 aromatic carbocycles. The monoisotopic (exact) mass is 223 g/mol. The summed E-state index contributed by atoms with van der Waals surface area (Å²) in [6.07, 6.45) is 0.780. The number of nitrogens with zero attached hydrogens (tertiary/aromatic N) is 1. The van der Waals surface area contributed by atoms with E-state index in [1.807, 2.05) is 0 Å². The van der Waals surface area contributed by atoms with Gasteiger partial charge in [0, 0.05) is 0 Å². The Morgan fingerprint density at radius 3 is 2.57 bits per heavy atom. The molecular weight excluding hydrogens is 219 g/mol. The Balaban J connectivity index is 3.12. The van der Waals surface area contributed by atoms with E-state index >= 15 is 0 Å². The molecule has 1 aliphatic rings. The first-order valence-corrected chi connectivity index (χ1v) is 3.98. The van der Waals surface area contributed by atoms with Crippen LogP contribution in [0, 0.1) is 0 Å². The molecule has 0 heterocycles. The van der Waals surface area contributed by atoms with Gasteiger partial charge in [-0.3, -0.25) is 0 Å². The highest BCUT2D eigenvalue weighted by Crippen LogP contribution is 2.43. The van der Waals surface area contributed by atoms with Gasteiger partial charge in [-0.2, -0.15) is 18.2 Å². The number of allylic oxidation sites excluding steroid dienone is 2. The molecule has 0 N–H and O–H groups in total. The van der Waals surface area contributed by atoms with Crippen LogP contribution in [0.25, 0.3) is 0 Å². The van der Waals surface area contributed by atoms with Crippen molar-refractivity contribution in [3.63, 3.8) is 0 Å². The lowest BCUT2D eigenvalue weighted by molar-refractivity contribution is -0.152. The molecule has 0 radical (unpaired) electrons. The van der Waals surface area contributed by atoms with E-state index in [-0.39, 0.29) is 0 Å². The molecule has 0 saturated heterocycles. The summed E-state index contributed by atoms with van der Waals surface area (Å²) in [5, 5.41) is 0. The van der Waals surface area contributed by atoms with Crippen molar-refractivity contribution in [3.8, 4) is 0 Å². The number of aliphatic imine (C=N–C) groups is 1. The van der Waals surface area contributed by atoms with Gasteiger partial charge in [0.1, 0.15) is 6.04 Å². The largest absolute Gasteiger partial charge is 0.413 e. The van der Waals surface area contributed by atoms with Gasteiger partial charge in [-0.15, -0.1) is 11.6 Å². The Morgan fingerprint density at radius 1 is 1.43 bits per heavy atom. The Hall–Kier alpha value is -1.06. The van der Waals surface area contributed by atoms with Crippen LogP contribution in [-0.2, 0) is 4.79 Å². The molecule has 0 fully saturated rings. The quantitative estimate of drug-likeness (QED) is 0.381. The number of halogens is 4. The first-order chi connectivity index (χ1) is 6.42. The molecule has 6 heteroatoms. The molecule has 2 nitrogen and oxygen atoms in total. The summed E-state index contributed by atoms with van der Waals surface area (Å²) in [6.45, 7) is 0. The minimum absolute atomic E-state index is 0.764. The lowest BCUT2D eigenvalue weighted by atomic mass is 9.94. The topological polar surface area (TPSA) is 29.4 Å². The Kier molecular flexibility index (Phi) is 2.83. The lowest BCUT2D eigenvalue weighted by Crippen LogP contribution is -2.47. The third kappa shape index (κ3) is 1.74. The summed E-state index contributed by atoms with van der Waals surface area (Å²) in [5.74, 6) is 0. The van der Waals surface area contributed by atoms with E-state index in [0.717, 1.165) is 24.3 Å². The zero-order valence-corrected chi connectivity index (χ0v) is 7.51. The zero-order valence-electron chi connectivity index (χ0n) is 6.75. The van der Waals surface area contributed by atoms with Crippen molar-refractivity contribution in [2.45, 2.75) is 17.1 Å². The van der Waals surface area contributed by atoms with Crippen molar-refractivity contribution in [1.82, 2.24) is 0 Å². The minimum atomic E-state index is -4.67. The summed E-state index contributed by atoms with van der Waals surface area (Å²) < 4.78 is 37.5. The smallest absolute Gasteiger partial charge is 0.211 e. The van der Waals surface area contributed by atoms with Crippen molar-refractivity contribution < 1.29 is 18.0 Å². The first-order valence-electron chi connectivity index (χ1n) is 3.60. The van der Waals surface area contributed by atoms with Crippen LogP contribution in [0.15, 0.2) is 29.3 Å². The summed E-state index contributed by atoms with van der Waals surface area (Å²) in [4.78, 5) is 10.3.